The lowest BCUT2D eigenvalue weighted by molar-refractivity contribution is 0.0921. The summed E-state index contributed by atoms with van der Waals surface area (Å²) in [6.07, 6.45) is 0. The lowest BCUT2D eigenvalue weighted by Crippen LogP contribution is -2.22. The first-order valence-electron chi connectivity index (χ1n) is 7.36. The van der Waals surface area contributed by atoms with Crippen molar-refractivity contribution >= 4 is 17.5 Å². The van der Waals surface area contributed by atoms with E-state index in [0.29, 0.717) is 30.4 Å². The van der Waals surface area contributed by atoms with Crippen molar-refractivity contribution in [2.45, 2.75) is 25.8 Å². The Hall–Kier alpha value is -2.14. The number of methoxy groups -OCH3 is 1. The van der Waals surface area contributed by atoms with Crippen molar-refractivity contribution in [3.05, 3.63) is 47.4 Å². The third kappa shape index (κ3) is 4.42. The van der Waals surface area contributed by atoms with Crippen LogP contribution in [0, 0.1) is 0 Å². The van der Waals surface area contributed by atoms with E-state index in [1.807, 2.05) is 25.1 Å². The van der Waals surface area contributed by atoms with Gasteiger partial charge in [-0.1, -0.05) is 6.07 Å². The normalized spacial score (nSPS) is 11.8. The summed E-state index contributed by atoms with van der Waals surface area (Å²) in [5.41, 5.74) is 0.899. The second kappa shape index (κ2) is 7.92. The van der Waals surface area contributed by atoms with E-state index in [4.69, 9.17) is 25.5 Å². The van der Waals surface area contributed by atoms with Crippen molar-refractivity contribution in [1.29, 1.82) is 0 Å². The van der Waals surface area contributed by atoms with Crippen LogP contribution in [0.3, 0.4) is 0 Å². The average molecular weight is 338 g/mol. The van der Waals surface area contributed by atoms with Crippen LogP contribution in [0.1, 0.15) is 41.1 Å². The lowest BCUT2D eigenvalue weighted by Gasteiger charge is -2.11. The minimum Gasteiger partial charge on any atom is -0.493 e. The molecular formula is C17H20ClNO4. The molecule has 1 N–H and O–H groups in total. The van der Waals surface area contributed by atoms with Gasteiger partial charge in [-0.05, 0) is 43.7 Å². The maximum Gasteiger partial charge on any atom is 0.287 e. The molecule has 1 atom stereocenters. The molecule has 0 saturated heterocycles. The molecule has 0 aliphatic carbocycles. The lowest BCUT2D eigenvalue weighted by atomic mass is 10.2. The average Bonchev–Trinajstić information content (AvgIpc) is 3.04. The number of hydrogen-bond donors (Lipinski definition) is 1. The van der Waals surface area contributed by atoms with Crippen LogP contribution in [0.5, 0.6) is 11.5 Å². The predicted octanol–water partition coefficient (Wildman–Crippen LogP) is 3.92. The first-order valence-corrected chi connectivity index (χ1v) is 7.80. The fourth-order valence-electron chi connectivity index (χ4n) is 2.05. The van der Waals surface area contributed by atoms with Crippen molar-refractivity contribution in [2.75, 3.05) is 13.7 Å². The van der Waals surface area contributed by atoms with E-state index >= 15 is 0 Å². The summed E-state index contributed by atoms with van der Waals surface area (Å²) in [6.45, 7) is 4.61. The monoisotopic (exact) mass is 337 g/mol. The zero-order valence-electron chi connectivity index (χ0n) is 13.4. The van der Waals surface area contributed by atoms with E-state index in [0.717, 1.165) is 5.56 Å². The van der Waals surface area contributed by atoms with Crippen molar-refractivity contribution in [3.63, 3.8) is 0 Å². The molecular weight excluding hydrogens is 318 g/mol. The maximum absolute atomic E-state index is 12.1. The largest absolute Gasteiger partial charge is 0.493 e. The van der Waals surface area contributed by atoms with Crippen LogP contribution in [0.25, 0.3) is 0 Å². The minimum absolute atomic E-state index is 0.241. The number of amides is 1. The predicted molar refractivity (Wildman–Crippen MR) is 88.3 cm³/mol. The maximum atomic E-state index is 12.1. The van der Waals surface area contributed by atoms with E-state index in [2.05, 4.69) is 5.32 Å². The number of carbonyl (C=O) groups is 1. The zero-order valence-corrected chi connectivity index (χ0v) is 14.1. The number of ether oxygens (including phenoxy) is 2. The topological polar surface area (TPSA) is 60.7 Å². The molecule has 0 saturated carbocycles. The van der Waals surface area contributed by atoms with Crippen molar-refractivity contribution < 1.29 is 18.7 Å². The molecule has 0 bridgehead atoms. The molecule has 1 heterocycles. The molecule has 1 aromatic carbocycles. The van der Waals surface area contributed by atoms with Gasteiger partial charge >= 0.3 is 0 Å². The van der Waals surface area contributed by atoms with Crippen LogP contribution in [-0.4, -0.2) is 19.6 Å². The van der Waals surface area contributed by atoms with Crippen LogP contribution in [-0.2, 0) is 6.54 Å². The number of carbonyl (C=O) groups excluding carboxylic acids is 1. The number of alkyl halides is 1. The molecule has 5 nitrogen and oxygen atoms in total. The summed E-state index contributed by atoms with van der Waals surface area (Å²) >= 11 is 5.92. The molecule has 1 aromatic heterocycles. The third-order valence-corrected chi connectivity index (χ3v) is 3.44. The highest BCUT2D eigenvalue weighted by Crippen LogP contribution is 2.28. The number of hydrogen-bond acceptors (Lipinski definition) is 4. The van der Waals surface area contributed by atoms with Crippen molar-refractivity contribution in [1.82, 2.24) is 5.32 Å². The number of rotatable bonds is 7. The molecule has 0 aliphatic rings. The number of nitrogens with one attached hydrogen (secondary N) is 1. The highest BCUT2D eigenvalue weighted by molar-refractivity contribution is 6.20. The Morgan fingerprint density at radius 3 is 2.70 bits per heavy atom. The first kappa shape index (κ1) is 17.2. The molecule has 1 unspecified atom stereocenters. The Bertz CT molecular complexity index is 666. The Kier molecular flexibility index (Phi) is 5.93. The summed E-state index contributed by atoms with van der Waals surface area (Å²) in [7, 11) is 1.58. The van der Waals surface area contributed by atoms with Gasteiger partial charge < -0.3 is 19.2 Å². The highest BCUT2D eigenvalue weighted by atomic mass is 35.5. The Morgan fingerprint density at radius 1 is 1.30 bits per heavy atom. The van der Waals surface area contributed by atoms with Crippen molar-refractivity contribution in [2.24, 2.45) is 0 Å². The third-order valence-electron chi connectivity index (χ3n) is 3.22. The molecule has 2 aromatic rings. The van der Waals surface area contributed by atoms with E-state index < -0.39 is 0 Å². The summed E-state index contributed by atoms with van der Waals surface area (Å²) < 4.78 is 16.2. The van der Waals surface area contributed by atoms with Gasteiger partial charge in [0.1, 0.15) is 5.76 Å². The molecule has 23 heavy (non-hydrogen) atoms. The number of furan rings is 1. The molecule has 6 heteroatoms. The van der Waals surface area contributed by atoms with Gasteiger partial charge in [0.15, 0.2) is 17.3 Å². The molecule has 0 aliphatic heterocycles. The van der Waals surface area contributed by atoms with Crippen molar-refractivity contribution in [3.8, 4) is 11.5 Å². The fourth-order valence-corrected chi connectivity index (χ4v) is 2.17. The second-order valence-corrected chi connectivity index (χ2v) is 5.57. The first-order chi connectivity index (χ1) is 11.0. The van der Waals surface area contributed by atoms with Gasteiger partial charge in [-0.25, -0.2) is 0 Å². The standard InChI is InChI=1S/C17H20ClNO4/c1-4-22-14-6-5-12(9-16(14)21-3)10-19-17(20)15-8-7-13(23-15)11(2)18/h5-9,11H,4,10H2,1-3H3,(H,19,20). The smallest absolute Gasteiger partial charge is 0.287 e. The van der Waals surface area contributed by atoms with Gasteiger partial charge in [-0.3, -0.25) is 4.79 Å². The van der Waals surface area contributed by atoms with E-state index in [9.17, 15) is 4.79 Å². The van der Waals surface area contributed by atoms with Gasteiger partial charge in [-0.2, -0.15) is 0 Å². The van der Waals surface area contributed by atoms with Gasteiger partial charge in [0, 0.05) is 6.54 Å². The van der Waals surface area contributed by atoms with Gasteiger partial charge in [-0.15, -0.1) is 11.6 Å². The van der Waals surface area contributed by atoms with E-state index in [-0.39, 0.29) is 17.0 Å². The summed E-state index contributed by atoms with van der Waals surface area (Å²) in [4.78, 5) is 12.1. The summed E-state index contributed by atoms with van der Waals surface area (Å²) in [6, 6.07) is 8.85. The molecule has 124 valence electrons. The fraction of sp³-hybridized carbons (Fsp3) is 0.353. The zero-order chi connectivity index (χ0) is 16.8. The molecule has 0 fully saturated rings. The minimum atomic E-state index is -0.290. The van der Waals surface area contributed by atoms with E-state index in [1.54, 1.807) is 26.2 Å². The Labute approximate surface area is 140 Å². The number of benzene rings is 1. The second-order valence-electron chi connectivity index (χ2n) is 4.92. The SMILES string of the molecule is CCOc1ccc(CNC(=O)c2ccc(C(C)Cl)o2)cc1OC. The molecule has 1 amide bonds. The highest BCUT2D eigenvalue weighted by Gasteiger charge is 2.14. The molecule has 2 rings (SSSR count). The molecule has 0 spiro atoms. The van der Waals surface area contributed by atoms with Gasteiger partial charge in [0.2, 0.25) is 0 Å². The van der Waals surface area contributed by atoms with Crippen LogP contribution < -0.4 is 14.8 Å². The Balaban J connectivity index is 2.00. The van der Waals surface area contributed by atoms with Crippen LogP contribution >= 0.6 is 11.6 Å². The van der Waals surface area contributed by atoms with Gasteiger partial charge in [0.25, 0.3) is 5.91 Å². The molecule has 0 radical (unpaired) electrons. The summed E-state index contributed by atoms with van der Waals surface area (Å²) in [5, 5.41) is 2.53. The van der Waals surface area contributed by atoms with Gasteiger partial charge in [0.05, 0.1) is 19.1 Å². The van der Waals surface area contributed by atoms with Crippen LogP contribution in [0.15, 0.2) is 34.7 Å². The van der Waals surface area contributed by atoms with E-state index in [1.165, 1.54) is 0 Å². The summed E-state index contributed by atoms with van der Waals surface area (Å²) in [5.74, 6) is 1.83. The van der Waals surface area contributed by atoms with Crippen LogP contribution in [0.2, 0.25) is 0 Å². The number of halogens is 1. The Morgan fingerprint density at radius 2 is 2.09 bits per heavy atom. The van der Waals surface area contributed by atoms with Crippen LogP contribution in [0.4, 0.5) is 0 Å². The quantitative estimate of drug-likeness (QED) is 0.778.